The van der Waals surface area contributed by atoms with Crippen molar-refractivity contribution in [2.24, 2.45) is 5.73 Å². The van der Waals surface area contributed by atoms with E-state index < -0.39 is 0 Å². The van der Waals surface area contributed by atoms with Crippen LogP contribution in [0, 0.1) is 0 Å². The lowest BCUT2D eigenvalue weighted by Gasteiger charge is -1.99. The average Bonchev–Trinajstić information content (AvgIpc) is 2.87. The topological polar surface area (TPSA) is 60.2 Å². The molecule has 0 heterocycles. The maximum Gasteiger partial charge on any atom is 0.217 e. The molecule has 0 bridgehead atoms. The van der Waals surface area contributed by atoms with Crippen LogP contribution in [0.3, 0.4) is 0 Å². The van der Waals surface area contributed by atoms with E-state index >= 15 is 0 Å². The van der Waals surface area contributed by atoms with Gasteiger partial charge in [0.15, 0.2) is 5.78 Å². The summed E-state index contributed by atoms with van der Waals surface area (Å²) in [6, 6.07) is 18.6. The summed E-state index contributed by atoms with van der Waals surface area (Å²) in [5.74, 6) is -0.0955. The van der Waals surface area contributed by atoms with Gasteiger partial charge in [0.05, 0.1) is 0 Å². The molecule has 0 saturated heterocycles. The highest BCUT2D eigenvalue weighted by atomic mass is 16.1. The van der Waals surface area contributed by atoms with E-state index in [-0.39, 0.29) is 11.7 Å². The molecule has 3 heteroatoms. The zero-order chi connectivity index (χ0) is 24.7. The summed E-state index contributed by atoms with van der Waals surface area (Å²) in [7, 11) is 0. The third-order valence-electron chi connectivity index (χ3n) is 5.45. The maximum absolute atomic E-state index is 11.8. The molecule has 184 valence electrons. The van der Waals surface area contributed by atoms with Gasteiger partial charge in [0.1, 0.15) is 0 Å². The molecule has 0 aromatic heterocycles. The van der Waals surface area contributed by atoms with E-state index in [0.29, 0.717) is 6.42 Å². The molecule has 34 heavy (non-hydrogen) atoms. The van der Waals surface area contributed by atoms with Crippen LogP contribution in [0.15, 0.2) is 85.0 Å². The zero-order valence-electron chi connectivity index (χ0n) is 21.0. The fraction of sp³-hybridized carbons (Fsp3) is 0.419. The first-order valence-electron chi connectivity index (χ1n) is 12.9. The van der Waals surface area contributed by atoms with E-state index in [1.165, 1.54) is 51.4 Å². The van der Waals surface area contributed by atoms with Crippen LogP contribution in [0.4, 0.5) is 0 Å². The minimum Gasteiger partial charge on any atom is -0.370 e. The number of amides is 1. The molecule has 0 atom stereocenters. The standard InChI is InChI=1S/C18H33NO.C13H10O/c1-2-3-4-5-6-7-8-9-10-11-12-13-14-15-16-17-18(19)20;14-13(11-7-3-1-4-8-11)12-9-5-2-6-10-12/h6-7,9-10H,2-5,8,11-17H2,1H3,(H2,19,20);1-10H/b7-6-,10-9-;. The van der Waals surface area contributed by atoms with Crippen molar-refractivity contribution < 1.29 is 9.59 Å². The van der Waals surface area contributed by atoms with Crippen LogP contribution in [0.25, 0.3) is 0 Å². The number of carbonyl (C=O) groups is 2. The smallest absolute Gasteiger partial charge is 0.217 e. The molecule has 0 aliphatic rings. The number of rotatable bonds is 16. The van der Waals surface area contributed by atoms with Crippen LogP contribution in [-0.2, 0) is 4.79 Å². The van der Waals surface area contributed by atoms with Gasteiger partial charge in [-0.3, -0.25) is 9.59 Å². The quantitative estimate of drug-likeness (QED) is 0.155. The van der Waals surface area contributed by atoms with E-state index in [1.807, 2.05) is 60.7 Å². The second kappa shape index (κ2) is 20.7. The molecule has 0 radical (unpaired) electrons. The molecular weight excluding hydrogens is 418 g/mol. The van der Waals surface area contributed by atoms with Crippen molar-refractivity contribution >= 4 is 11.7 Å². The molecule has 0 unspecified atom stereocenters. The summed E-state index contributed by atoms with van der Waals surface area (Å²) in [5, 5.41) is 0. The minimum absolute atomic E-state index is 0.0752. The van der Waals surface area contributed by atoms with Gasteiger partial charge in [0.2, 0.25) is 5.91 Å². The zero-order valence-corrected chi connectivity index (χ0v) is 21.0. The maximum atomic E-state index is 11.8. The summed E-state index contributed by atoms with van der Waals surface area (Å²) >= 11 is 0. The lowest BCUT2D eigenvalue weighted by molar-refractivity contribution is -0.118. The van der Waals surface area contributed by atoms with Gasteiger partial charge in [-0.05, 0) is 38.5 Å². The van der Waals surface area contributed by atoms with Crippen LogP contribution in [0.5, 0.6) is 0 Å². The third kappa shape index (κ3) is 15.8. The van der Waals surface area contributed by atoms with Gasteiger partial charge < -0.3 is 5.73 Å². The predicted octanol–water partition coefficient (Wildman–Crippen LogP) is 8.20. The molecule has 0 aliphatic heterocycles. The van der Waals surface area contributed by atoms with Crippen LogP contribution in [0.2, 0.25) is 0 Å². The Kier molecular flexibility index (Phi) is 17.7. The highest BCUT2D eigenvalue weighted by Crippen LogP contribution is 2.09. The monoisotopic (exact) mass is 461 g/mol. The highest BCUT2D eigenvalue weighted by Gasteiger charge is 2.06. The van der Waals surface area contributed by atoms with Crippen molar-refractivity contribution in [2.75, 3.05) is 0 Å². The fourth-order valence-electron chi connectivity index (χ4n) is 3.46. The van der Waals surface area contributed by atoms with E-state index in [1.54, 1.807) is 0 Å². The number of ketones is 1. The van der Waals surface area contributed by atoms with Gasteiger partial charge in [-0.1, -0.05) is 124 Å². The molecule has 2 N–H and O–H groups in total. The van der Waals surface area contributed by atoms with Crippen molar-refractivity contribution in [1.29, 1.82) is 0 Å². The normalized spacial score (nSPS) is 10.9. The molecule has 1 amide bonds. The molecule has 0 aliphatic carbocycles. The number of primary amides is 1. The van der Waals surface area contributed by atoms with Crippen molar-refractivity contribution in [2.45, 2.75) is 84.0 Å². The van der Waals surface area contributed by atoms with Crippen molar-refractivity contribution in [3.63, 3.8) is 0 Å². The molecule has 0 fully saturated rings. The number of hydrogen-bond acceptors (Lipinski definition) is 2. The number of hydrogen-bond donors (Lipinski definition) is 1. The number of allylic oxidation sites excluding steroid dienone is 4. The lowest BCUT2D eigenvalue weighted by Crippen LogP contribution is -2.09. The van der Waals surface area contributed by atoms with Crippen LogP contribution in [0.1, 0.15) is 99.9 Å². The van der Waals surface area contributed by atoms with Crippen molar-refractivity contribution in [3.8, 4) is 0 Å². The number of benzene rings is 2. The molecule has 0 spiro atoms. The Balaban J connectivity index is 0.000000358. The van der Waals surface area contributed by atoms with Gasteiger partial charge >= 0.3 is 0 Å². The number of unbranched alkanes of at least 4 members (excludes halogenated alkanes) is 8. The largest absolute Gasteiger partial charge is 0.370 e. The summed E-state index contributed by atoms with van der Waals surface area (Å²) in [4.78, 5) is 22.4. The van der Waals surface area contributed by atoms with E-state index in [0.717, 1.165) is 30.4 Å². The van der Waals surface area contributed by atoms with Gasteiger partial charge in [-0.2, -0.15) is 0 Å². The third-order valence-corrected chi connectivity index (χ3v) is 5.45. The minimum atomic E-state index is -0.171. The summed E-state index contributed by atoms with van der Waals surface area (Å²) < 4.78 is 0. The first kappa shape index (κ1) is 29.1. The van der Waals surface area contributed by atoms with Gasteiger partial charge in [0, 0.05) is 17.5 Å². The second-order valence-electron chi connectivity index (χ2n) is 8.51. The van der Waals surface area contributed by atoms with E-state index in [2.05, 4.69) is 31.2 Å². The Morgan fingerprint density at radius 2 is 1.12 bits per heavy atom. The molecule has 3 nitrogen and oxygen atoms in total. The molecule has 2 aromatic rings. The highest BCUT2D eigenvalue weighted by molar-refractivity contribution is 6.08. The van der Waals surface area contributed by atoms with E-state index in [9.17, 15) is 9.59 Å². The SMILES string of the molecule is CCCCC/C=C\C/C=C\CCCCCCCC(N)=O.O=C(c1ccccc1)c1ccccc1. The van der Waals surface area contributed by atoms with Gasteiger partial charge in [-0.25, -0.2) is 0 Å². The Hall–Kier alpha value is -2.94. The van der Waals surface area contributed by atoms with Crippen LogP contribution < -0.4 is 5.73 Å². The Morgan fingerprint density at radius 3 is 1.62 bits per heavy atom. The Bertz CT molecular complexity index is 784. The van der Waals surface area contributed by atoms with Gasteiger partial charge in [-0.15, -0.1) is 0 Å². The molecule has 2 rings (SSSR count). The Morgan fingerprint density at radius 1 is 0.647 bits per heavy atom. The summed E-state index contributed by atoms with van der Waals surface area (Å²) in [6.07, 6.45) is 23.0. The average molecular weight is 462 g/mol. The van der Waals surface area contributed by atoms with Crippen LogP contribution >= 0.6 is 0 Å². The number of carbonyl (C=O) groups excluding carboxylic acids is 2. The molecule has 0 saturated carbocycles. The lowest BCUT2D eigenvalue weighted by atomic mass is 10.0. The summed E-state index contributed by atoms with van der Waals surface area (Å²) in [5.41, 5.74) is 6.56. The first-order chi connectivity index (χ1) is 16.6. The van der Waals surface area contributed by atoms with Crippen molar-refractivity contribution in [3.05, 3.63) is 96.1 Å². The Labute approximate surface area is 207 Å². The predicted molar refractivity (Wildman–Crippen MR) is 145 cm³/mol. The second-order valence-corrected chi connectivity index (χ2v) is 8.51. The first-order valence-corrected chi connectivity index (χ1v) is 12.9. The van der Waals surface area contributed by atoms with Crippen LogP contribution in [-0.4, -0.2) is 11.7 Å². The number of nitrogens with two attached hydrogens (primary N) is 1. The fourth-order valence-corrected chi connectivity index (χ4v) is 3.46. The van der Waals surface area contributed by atoms with Crippen molar-refractivity contribution in [1.82, 2.24) is 0 Å². The summed E-state index contributed by atoms with van der Waals surface area (Å²) in [6.45, 7) is 2.24. The van der Waals surface area contributed by atoms with Gasteiger partial charge in [0.25, 0.3) is 0 Å². The molecular formula is C31H43NO2. The van der Waals surface area contributed by atoms with E-state index in [4.69, 9.17) is 5.73 Å². The molecule has 2 aromatic carbocycles.